The maximum Gasteiger partial charge on any atom is 0.165 e. The molecule has 1 atom stereocenters. The van der Waals surface area contributed by atoms with E-state index >= 15 is 0 Å². The third-order valence-electron chi connectivity index (χ3n) is 3.63. The monoisotopic (exact) mass is 311 g/mol. The van der Waals surface area contributed by atoms with Gasteiger partial charge in [-0.3, -0.25) is 0 Å². The Balaban J connectivity index is 2.03. The van der Waals surface area contributed by atoms with Crippen molar-refractivity contribution in [3.63, 3.8) is 0 Å². The van der Waals surface area contributed by atoms with E-state index in [1.54, 1.807) is 6.33 Å². The predicted octanol–water partition coefficient (Wildman–Crippen LogP) is 2.17. The molecule has 0 aliphatic rings. The quantitative estimate of drug-likeness (QED) is 0.787. The molecule has 0 fully saturated rings. The van der Waals surface area contributed by atoms with E-state index in [2.05, 4.69) is 15.0 Å². The van der Waals surface area contributed by atoms with Crippen LogP contribution in [-0.2, 0) is 15.8 Å². The van der Waals surface area contributed by atoms with Gasteiger partial charge in [-0.15, -0.1) is 0 Å². The molecule has 2 heterocycles. The number of ether oxygens (including phenoxy) is 1. The molecule has 0 bridgehead atoms. The van der Waals surface area contributed by atoms with Crippen molar-refractivity contribution in [1.29, 1.82) is 0 Å². The topological polar surface area (TPSA) is 95.9 Å². The summed E-state index contributed by atoms with van der Waals surface area (Å²) >= 11 is 0. The Hall–Kier alpha value is -1.46. The summed E-state index contributed by atoms with van der Waals surface area (Å²) in [6.07, 6.45) is 4.69. The van der Waals surface area contributed by atoms with Crippen molar-refractivity contribution in [2.45, 2.75) is 33.4 Å². The van der Waals surface area contributed by atoms with Gasteiger partial charge in [-0.2, -0.15) is 0 Å². The Bertz CT molecular complexity index is 649. The molecule has 2 rings (SSSR count). The lowest BCUT2D eigenvalue weighted by Crippen LogP contribution is -2.18. The summed E-state index contributed by atoms with van der Waals surface area (Å²) in [6.45, 7) is 6.43. The van der Waals surface area contributed by atoms with Gasteiger partial charge >= 0.3 is 0 Å². The lowest BCUT2D eigenvalue weighted by atomic mass is 10.4. The average Bonchev–Trinajstić information content (AvgIpc) is 2.89. The third-order valence-corrected chi connectivity index (χ3v) is 6.56. The largest absolute Gasteiger partial charge is 0.382 e. The zero-order valence-corrected chi connectivity index (χ0v) is 13.6. The van der Waals surface area contributed by atoms with Crippen LogP contribution in [0.15, 0.2) is 12.7 Å². The van der Waals surface area contributed by atoms with Crippen molar-refractivity contribution >= 4 is 24.1 Å². The van der Waals surface area contributed by atoms with Crippen LogP contribution in [0.25, 0.3) is 11.2 Å². The van der Waals surface area contributed by atoms with Crippen LogP contribution >= 0.6 is 7.14 Å². The molecule has 2 N–H and O–H groups in total. The summed E-state index contributed by atoms with van der Waals surface area (Å²) in [5.41, 5.74) is 7.04. The van der Waals surface area contributed by atoms with Gasteiger partial charge < -0.3 is 19.6 Å². The molecule has 0 saturated carbocycles. The van der Waals surface area contributed by atoms with E-state index in [0.717, 1.165) is 0 Å². The van der Waals surface area contributed by atoms with Gasteiger partial charge in [-0.1, -0.05) is 13.8 Å². The Morgan fingerprint density at radius 1 is 1.33 bits per heavy atom. The van der Waals surface area contributed by atoms with Crippen LogP contribution in [0.5, 0.6) is 0 Å². The number of anilines is 1. The number of rotatable bonds is 7. The molecule has 0 amide bonds. The number of nitrogen functional groups attached to an aromatic ring is 1. The number of imidazole rings is 1. The second-order valence-electron chi connectivity index (χ2n) is 5.13. The Morgan fingerprint density at radius 3 is 2.71 bits per heavy atom. The van der Waals surface area contributed by atoms with Gasteiger partial charge in [0.25, 0.3) is 0 Å². The number of hydrogen-bond acceptors (Lipinski definition) is 6. The van der Waals surface area contributed by atoms with E-state index in [9.17, 15) is 4.57 Å². The maximum absolute atomic E-state index is 12.3. The molecule has 0 aliphatic carbocycles. The van der Waals surface area contributed by atoms with Crippen molar-refractivity contribution in [3.8, 4) is 0 Å². The SMILES string of the molecule is CCP(=O)(CC)COC(C)Cn1cnc2c(N)ncnc21. The molecule has 0 saturated heterocycles. The Labute approximate surface area is 124 Å². The molecule has 7 nitrogen and oxygen atoms in total. The molecule has 2 aromatic heterocycles. The van der Waals surface area contributed by atoms with E-state index in [1.807, 2.05) is 25.3 Å². The summed E-state index contributed by atoms with van der Waals surface area (Å²) in [5, 5.41) is 0. The highest BCUT2D eigenvalue weighted by Gasteiger charge is 2.19. The second-order valence-corrected chi connectivity index (χ2v) is 8.76. The van der Waals surface area contributed by atoms with E-state index < -0.39 is 7.14 Å². The highest BCUT2D eigenvalue weighted by atomic mass is 31.2. The van der Waals surface area contributed by atoms with E-state index in [0.29, 0.717) is 42.2 Å². The minimum Gasteiger partial charge on any atom is -0.382 e. The van der Waals surface area contributed by atoms with Gasteiger partial charge in [0.05, 0.1) is 19.0 Å². The van der Waals surface area contributed by atoms with Crippen LogP contribution in [0.2, 0.25) is 0 Å². The second kappa shape index (κ2) is 6.54. The Morgan fingerprint density at radius 2 is 2.05 bits per heavy atom. The summed E-state index contributed by atoms with van der Waals surface area (Å²) in [5.74, 6) is 0.369. The van der Waals surface area contributed by atoms with Gasteiger partial charge in [0.1, 0.15) is 25.3 Å². The summed E-state index contributed by atoms with van der Waals surface area (Å²) in [4.78, 5) is 12.3. The molecule has 8 heteroatoms. The van der Waals surface area contributed by atoms with Crippen LogP contribution in [0.1, 0.15) is 20.8 Å². The summed E-state index contributed by atoms with van der Waals surface area (Å²) in [6, 6.07) is 0. The highest BCUT2D eigenvalue weighted by molar-refractivity contribution is 7.63. The third kappa shape index (κ3) is 3.60. The zero-order chi connectivity index (χ0) is 15.5. The number of aromatic nitrogens is 4. The molecule has 0 spiro atoms. The van der Waals surface area contributed by atoms with Crippen LogP contribution in [-0.4, -0.2) is 44.3 Å². The number of fused-ring (bicyclic) bond motifs is 1. The van der Waals surface area contributed by atoms with Gasteiger partial charge in [-0.05, 0) is 6.92 Å². The van der Waals surface area contributed by atoms with Crippen LogP contribution in [0.4, 0.5) is 5.82 Å². The van der Waals surface area contributed by atoms with E-state index in [4.69, 9.17) is 10.5 Å². The molecule has 21 heavy (non-hydrogen) atoms. The minimum absolute atomic E-state index is 0.0787. The zero-order valence-electron chi connectivity index (χ0n) is 12.7. The summed E-state index contributed by atoms with van der Waals surface area (Å²) in [7, 11) is -2.17. The minimum atomic E-state index is -2.17. The molecule has 1 unspecified atom stereocenters. The van der Waals surface area contributed by atoms with Crippen LogP contribution in [0, 0.1) is 0 Å². The van der Waals surface area contributed by atoms with E-state index in [1.165, 1.54) is 6.33 Å². The molecule has 0 aliphatic heterocycles. The molecule has 116 valence electrons. The Kier molecular flexibility index (Phi) is 4.96. The molecular formula is C13H22N5O2P. The fourth-order valence-corrected chi connectivity index (χ4v) is 3.37. The molecule has 2 aromatic rings. The first-order chi connectivity index (χ1) is 9.99. The average molecular weight is 311 g/mol. The van der Waals surface area contributed by atoms with Crippen LogP contribution < -0.4 is 5.73 Å². The predicted molar refractivity (Wildman–Crippen MR) is 83.8 cm³/mol. The summed E-state index contributed by atoms with van der Waals surface area (Å²) < 4.78 is 20.0. The number of nitrogens with zero attached hydrogens (tertiary/aromatic N) is 4. The van der Waals surface area contributed by atoms with Crippen molar-refractivity contribution in [2.75, 3.05) is 24.4 Å². The number of hydrogen-bond donors (Lipinski definition) is 1. The lowest BCUT2D eigenvalue weighted by molar-refractivity contribution is 0.0866. The van der Waals surface area contributed by atoms with Gasteiger partial charge in [0.15, 0.2) is 11.5 Å². The highest BCUT2D eigenvalue weighted by Crippen LogP contribution is 2.44. The fraction of sp³-hybridized carbons (Fsp3) is 0.615. The van der Waals surface area contributed by atoms with Crippen molar-refractivity contribution in [1.82, 2.24) is 19.5 Å². The van der Waals surface area contributed by atoms with Gasteiger partial charge in [-0.25, -0.2) is 15.0 Å². The maximum atomic E-state index is 12.3. The van der Waals surface area contributed by atoms with Gasteiger partial charge in [0, 0.05) is 12.3 Å². The fourth-order valence-electron chi connectivity index (χ4n) is 2.03. The molecule has 0 radical (unpaired) electrons. The normalized spacial score (nSPS) is 13.7. The van der Waals surface area contributed by atoms with Crippen molar-refractivity contribution < 1.29 is 9.30 Å². The first-order valence-electron chi connectivity index (χ1n) is 7.09. The lowest BCUT2D eigenvalue weighted by Gasteiger charge is -2.19. The smallest absolute Gasteiger partial charge is 0.165 e. The first-order valence-corrected chi connectivity index (χ1v) is 9.35. The van der Waals surface area contributed by atoms with Crippen molar-refractivity contribution in [2.24, 2.45) is 0 Å². The van der Waals surface area contributed by atoms with E-state index in [-0.39, 0.29) is 6.10 Å². The standard InChI is InChI=1S/C13H22N5O2P/c1-4-21(19,5-2)9-20-10(3)6-18-8-17-11-12(14)15-7-16-13(11)18/h7-8,10H,4-6,9H2,1-3H3,(H2,14,15,16). The molecular weight excluding hydrogens is 289 g/mol. The first kappa shape index (κ1) is 15.9. The number of nitrogens with two attached hydrogens (primary N) is 1. The van der Waals surface area contributed by atoms with Gasteiger partial charge in [0.2, 0.25) is 0 Å². The van der Waals surface area contributed by atoms with Crippen LogP contribution in [0.3, 0.4) is 0 Å². The molecule has 0 aromatic carbocycles. The van der Waals surface area contributed by atoms with Crippen molar-refractivity contribution in [3.05, 3.63) is 12.7 Å².